The first-order valence-corrected chi connectivity index (χ1v) is 6.66. The number of halogens is 2. The highest BCUT2D eigenvalue weighted by atomic mass is 127. The summed E-state index contributed by atoms with van der Waals surface area (Å²) in [6.45, 7) is 1.37. The molecule has 0 amide bonds. The summed E-state index contributed by atoms with van der Waals surface area (Å²) >= 11 is 2.32. The average molecular weight is 322 g/mol. The molecule has 0 aromatic heterocycles. The van der Waals surface area contributed by atoms with Crippen molar-refractivity contribution < 1.29 is 9.13 Å². The molecule has 1 aliphatic rings. The third-order valence-electron chi connectivity index (χ3n) is 2.10. The van der Waals surface area contributed by atoms with Gasteiger partial charge in [0.15, 0.2) is 0 Å². The lowest BCUT2D eigenvalue weighted by Gasteiger charge is -2.12. The highest BCUT2D eigenvalue weighted by Gasteiger charge is 2.13. The maximum Gasteiger partial charge on any atom is 0.128 e. The standard InChI is InChI=1S/C12H16FIO/c13-12-7-2-1-5-11(12)6-3-9-15-10-4-8-14/h1-3,5-7,11-12H,4,8-10H2/b6-3+. The summed E-state index contributed by atoms with van der Waals surface area (Å²) in [4.78, 5) is 0. The third-order valence-corrected chi connectivity index (χ3v) is 2.86. The zero-order chi connectivity index (χ0) is 10.9. The fourth-order valence-electron chi connectivity index (χ4n) is 1.29. The van der Waals surface area contributed by atoms with Gasteiger partial charge in [0.1, 0.15) is 6.17 Å². The van der Waals surface area contributed by atoms with Crippen LogP contribution in [-0.4, -0.2) is 23.8 Å². The second kappa shape index (κ2) is 8.05. The number of hydrogen-bond acceptors (Lipinski definition) is 1. The van der Waals surface area contributed by atoms with Gasteiger partial charge in [0.05, 0.1) is 6.61 Å². The Morgan fingerprint density at radius 1 is 1.33 bits per heavy atom. The van der Waals surface area contributed by atoms with Crippen molar-refractivity contribution in [1.82, 2.24) is 0 Å². The summed E-state index contributed by atoms with van der Waals surface area (Å²) in [6, 6.07) is 0. The summed E-state index contributed by atoms with van der Waals surface area (Å²) in [6.07, 6.45) is 11.0. The Labute approximate surface area is 104 Å². The third kappa shape index (κ3) is 5.47. The SMILES string of the molecule is FC1C=CC=CC1/C=C/COCCCI. The minimum absolute atomic E-state index is 0.122. The van der Waals surface area contributed by atoms with E-state index >= 15 is 0 Å². The Morgan fingerprint density at radius 3 is 2.87 bits per heavy atom. The fourth-order valence-corrected chi connectivity index (χ4v) is 1.60. The van der Waals surface area contributed by atoms with E-state index in [4.69, 9.17) is 4.74 Å². The number of alkyl halides is 2. The van der Waals surface area contributed by atoms with Crippen molar-refractivity contribution in [3.05, 3.63) is 36.5 Å². The minimum atomic E-state index is -0.888. The summed E-state index contributed by atoms with van der Waals surface area (Å²) in [5.74, 6) is -0.122. The summed E-state index contributed by atoms with van der Waals surface area (Å²) in [5.41, 5.74) is 0. The fraction of sp³-hybridized carbons (Fsp3) is 0.500. The zero-order valence-electron chi connectivity index (χ0n) is 8.61. The van der Waals surface area contributed by atoms with E-state index in [9.17, 15) is 4.39 Å². The average Bonchev–Trinajstić information content (AvgIpc) is 2.25. The van der Waals surface area contributed by atoms with Gasteiger partial charge in [-0.05, 0) is 12.5 Å². The Balaban J connectivity index is 2.14. The normalized spacial score (nSPS) is 25.2. The minimum Gasteiger partial charge on any atom is -0.377 e. The van der Waals surface area contributed by atoms with Gasteiger partial charge >= 0.3 is 0 Å². The quantitative estimate of drug-likeness (QED) is 0.315. The van der Waals surface area contributed by atoms with Gasteiger partial charge in [-0.3, -0.25) is 0 Å². The summed E-state index contributed by atoms with van der Waals surface area (Å²) < 4.78 is 19.7. The van der Waals surface area contributed by atoms with Crippen molar-refractivity contribution in [3.8, 4) is 0 Å². The highest BCUT2D eigenvalue weighted by molar-refractivity contribution is 14.1. The molecule has 0 spiro atoms. The van der Waals surface area contributed by atoms with Crippen molar-refractivity contribution in [1.29, 1.82) is 0 Å². The van der Waals surface area contributed by atoms with Crippen molar-refractivity contribution >= 4 is 22.6 Å². The van der Waals surface area contributed by atoms with E-state index in [1.54, 1.807) is 12.2 Å². The molecule has 2 unspecified atom stereocenters. The molecule has 1 aliphatic carbocycles. The van der Waals surface area contributed by atoms with Crippen LogP contribution < -0.4 is 0 Å². The van der Waals surface area contributed by atoms with E-state index in [1.165, 1.54) is 0 Å². The largest absolute Gasteiger partial charge is 0.377 e. The first-order chi connectivity index (χ1) is 7.34. The molecular formula is C12H16FIO. The first-order valence-electron chi connectivity index (χ1n) is 5.14. The molecule has 0 radical (unpaired) electrons. The predicted molar refractivity (Wildman–Crippen MR) is 70.1 cm³/mol. The van der Waals surface area contributed by atoms with Crippen LogP contribution in [0.1, 0.15) is 6.42 Å². The van der Waals surface area contributed by atoms with Gasteiger partial charge in [0.25, 0.3) is 0 Å². The smallest absolute Gasteiger partial charge is 0.128 e. The Hall–Kier alpha value is -0.160. The van der Waals surface area contributed by atoms with E-state index in [0.29, 0.717) is 6.61 Å². The first kappa shape index (κ1) is 12.9. The molecule has 0 saturated heterocycles. The molecule has 0 saturated carbocycles. The Kier molecular flexibility index (Phi) is 6.92. The van der Waals surface area contributed by atoms with Gasteiger partial charge in [-0.2, -0.15) is 0 Å². The lowest BCUT2D eigenvalue weighted by molar-refractivity contribution is 0.164. The molecule has 84 valence electrons. The van der Waals surface area contributed by atoms with Crippen LogP contribution >= 0.6 is 22.6 Å². The summed E-state index contributed by atoms with van der Waals surface area (Å²) in [5, 5.41) is 0. The molecule has 0 aliphatic heterocycles. The van der Waals surface area contributed by atoms with Crippen LogP contribution in [0, 0.1) is 5.92 Å². The van der Waals surface area contributed by atoms with Gasteiger partial charge in [0.2, 0.25) is 0 Å². The van der Waals surface area contributed by atoms with Gasteiger partial charge in [-0.1, -0.05) is 53.0 Å². The molecule has 1 rings (SSSR count). The maximum absolute atomic E-state index is 13.2. The number of hydrogen-bond donors (Lipinski definition) is 0. The molecule has 0 aromatic rings. The number of allylic oxidation sites excluding steroid dienone is 5. The van der Waals surface area contributed by atoms with Crippen LogP contribution in [0.5, 0.6) is 0 Å². The predicted octanol–water partition coefficient (Wildman–Crippen LogP) is 3.46. The molecule has 0 N–H and O–H groups in total. The van der Waals surface area contributed by atoms with E-state index < -0.39 is 6.17 Å². The molecule has 0 heterocycles. The lowest BCUT2D eigenvalue weighted by atomic mass is 9.98. The second-order valence-corrected chi connectivity index (χ2v) is 4.42. The van der Waals surface area contributed by atoms with E-state index in [-0.39, 0.29) is 5.92 Å². The molecule has 2 atom stereocenters. The topological polar surface area (TPSA) is 9.23 Å². The molecule has 1 nitrogen and oxygen atoms in total. The monoisotopic (exact) mass is 322 g/mol. The number of rotatable bonds is 6. The number of ether oxygens (including phenoxy) is 1. The van der Waals surface area contributed by atoms with Gasteiger partial charge in [-0.25, -0.2) is 4.39 Å². The van der Waals surface area contributed by atoms with Crippen LogP contribution in [0.2, 0.25) is 0 Å². The van der Waals surface area contributed by atoms with Crippen molar-refractivity contribution in [3.63, 3.8) is 0 Å². The van der Waals surface area contributed by atoms with Crippen LogP contribution in [0.4, 0.5) is 4.39 Å². The maximum atomic E-state index is 13.2. The van der Waals surface area contributed by atoms with Gasteiger partial charge in [0, 0.05) is 17.0 Å². The molecule has 3 heteroatoms. The van der Waals surface area contributed by atoms with Crippen LogP contribution in [-0.2, 0) is 4.74 Å². The van der Waals surface area contributed by atoms with Crippen molar-refractivity contribution in [2.24, 2.45) is 5.92 Å². The van der Waals surface area contributed by atoms with E-state index in [0.717, 1.165) is 17.5 Å². The second-order valence-electron chi connectivity index (χ2n) is 3.34. The Morgan fingerprint density at radius 2 is 2.13 bits per heavy atom. The van der Waals surface area contributed by atoms with Gasteiger partial charge < -0.3 is 4.74 Å². The molecule has 0 aromatic carbocycles. The van der Waals surface area contributed by atoms with Crippen LogP contribution in [0.15, 0.2) is 36.5 Å². The zero-order valence-corrected chi connectivity index (χ0v) is 10.8. The lowest BCUT2D eigenvalue weighted by Crippen LogP contribution is -2.10. The van der Waals surface area contributed by atoms with Crippen LogP contribution in [0.25, 0.3) is 0 Å². The highest BCUT2D eigenvalue weighted by Crippen LogP contribution is 2.16. The van der Waals surface area contributed by atoms with Crippen molar-refractivity contribution in [2.75, 3.05) is 17.6 Å². The van der Waals surface area contributed by atoms with Crippen LogP contribution in [0.3, 0.4) is 0 Å². The summed E-state index contributed by atoms with van der Waals surface area (Å²) in [7, 11) is 0. The van der Waals surface area contributed by atoms with Gasteiger partial charge in [-0.15, -0.1) is 0 Å². The van der Waals surface area contributed by atoms with E-state index in [2.05, 4.69) is 22.6 Å². The molecule has 0 fully saturated rings. The van der Waals surface area contributed by atoms with Crippen molar-refractivity contribution in [2.45, 2.75) is 12.6 Å². The molecule has 15 heavy (non-hydrogen) atoms. The molecule has 0 bridgehead atoms. The van der Waals surface area contributed by atoms with E-state index in [1.807, 2.05) is 24.3 Å². The molecular weight excluding hydrogens is 306 g/mol. The Bertz CT molecular complexity index is 248.